The molecule has 18 heavy (non-hydrogen) atoms. The molecule has 1 rings (SSSR count). The molecule has 0 aromatic carbocycles. The van der Waals surface area contributed by atoms with Gasteiger partial charge < -0.3 is 15.1 Å². The number of hydrogen-bond donors (Lipinski definition) is 1. The maximum absolute atomic E-state index is 11.6. The minimum atomic E-state index is 0.0258. The van der Waals surface area contributed by atoms with Crippen LogP contribution in [0.25, 0.3) is 0 Å². The fourth-order valence-electron chi connectivity index (χ4n) is 1.32. The quantitative estimate of drug-likeness (QED) is 0.777. The molecule has 1 N–H and O–H groups in total. The zero-order valence-corrected chi connectivity index (χ0v) is 11.5. The van der Waals surface area contributed by atoms with Gasteiger partial charge in [0, 0.05) is 45.6 Å². The van der Waals surface area contributed by atoms with Crippen LogP contribution in [-0.4, -0.2) is 55.0 Å². The van der Waals surface area contributed by atoms with Crippen LogP contribution in [0.15, 0.2) is 12.4 Å². The molecule has 1 aromatic rings. The molecule has 6 heteroatoms. The van der Waals surface area contributed by atoms with Crippen LogP contribution < -0.4 is 10.2 Å². The van der Waals surface area contributed by atoms with Gasteiger partial charge in [-0.3, -0.25) is 4.79 Å². The molecule has 0 radical (unpaired) electrons. The minimum Gasteiger partial charge on any atom is -0.347 e. The van der Waals surface area contributed by atoms with Crippen LogP contribution in [0.2, 0.25) is 0 Å². The lowest BCUT2D eigenvalue weighted by Gasteiger charge is -2.19. The molecule has 1 heterocycles. The first-order chi connectivity index (χ1) is 8.54. The SMILES string of the molecule is CCNCc1cnc(N(C)CC(=O)N(C)C)nc1. The topological polar surface area (TPSA) is 61.4 Å². The van der Waals surface area contributed by atoms with Crippen molar-refractivity contribution in [3.63, 3.8) is 0 Å². The highest BCUT2D eigenvalue weighted by Crippen LogP contribution is 2.05. The van der Waals surface area contributed by atoms with Crippen molar-refractivity contribution < 1.29 is 4.79 Å². The molecule has 0 aliphatic heterocycles. The van der Waals surface area contributed by atoms with Gasteiger partial charge in [-0.15, -0.1) is 0 Å². The third kappa shape index (κ3) is 4.29. The Labute approximate surface area is 108 Å². The van der Waals surface area contributed by atoms with E-state index in [1.165, 1.54) is 0 Å². The molecule has 1 amide bonds. The van der Waals surface area contributed by atoms with Crippen LogP contribution >= 0.6 is 0 Å². The van der Waals surface area contributed by atoms with E-state index in [4.69, 9.17) is 0 Å². The smallest absolute Gasteiger partial charge is 0.241 e. The summed E-state index contributed by atoms with van der Waals surface area (Å²) in [5.74, 6) is 0.586. The molecule has 1 aromatic heterocycles. The van der Waals surface area contributed by atoms with E-state index in [-0.39, 0.29) is 12.5 Å². The summed E-state index contributed by atoms with van der Waals surface area (Å²) in [6.45, 7) is 4.01. The third-order valence-corrected chi connectivity index (χ3v) is 2.48. The molecule has 100 valence electrons. The molecule has 0 atom stereocenters. The van der Waals surface area contributed by atoms with Gasteiger partial charge in [0.25, 0.3) is 0 Å². The molecular weight excluding hydrogens is 230 g/mol. The first-order valence-electron chi connectivity index (χ1n) is 5.97. The number of likely N-dealkylation sites (N-methyl/N-ethyl adjacent to an activating group) is 2. The van der Waals surface area contributed by atoms with Gasteiger partial charge >= 0.3 is 0 Å². The minimum absolute atomic E-state index is 0.0258. The van der Waals surface area contributed by atoms with E-state index in [0.29, 0.717) is 5.95 Å². The van der Waals surface area contributed by atoms with Crippen LogP contribution in [0, 0.1) is 0 Å². The molecule has 0 unspecified atom stereocenters. The largest absolute Gasteiger partial charge is 0.347 e. The average Bonchev–Trinajstić information content (AvgIpc) is 2.36. The number of rotatable bonds is 6. The Morgan fingerprint density at radius 2 is 1.89 bits per heavy atom. The summed E-state index contributed by atoms with van der Waals surface area (Å²) in [6, 6.07) is 0. The van der Waals surface area contributed by atoms with Gasteiger partial charge in [0.1, 0.15) is 0 Å². The second kappa shape index (κ2) is 6.90. The third-order valence-electron chi connectivity index (χ3n) is 2.48. The maximum Gasteiger partial charge on any atom is 0.241 e. The number of aromatic nitrogens is 2. The molecule has 0 bridgehead atoms. The number of carbonyl (C=O) groups is 1. The molecule has 0 aliphatic rings. The summed E-state index contributed by atoms with van der Waals surface area (Å²) in [5.41, 5.74) is 1.04. The van der Waals surface area contributed by atoms with Crippen molar-refractivity contribution in [2.24, 2.45) is 0 Å². The van der Waals surface area contributed by atoms with E-state index in [1.807, 2.05) is 0 Å². The lowest BCUT2D eigenvalue weighted by atomic mass is 10.3. The number of nitrogens with one attached hydrogen (secondary N) is 1. The fraction of sp³-hybridized carbons (Fsp3) is 0.583. The number of carbonyl (C=O) groups excluding carboxylic acids is 1. The van der Waals surface area contributed by atoms with Crippen molar-refractivity contribution in [1.29, 1.82) is 0 Å². The van der Waals surface area contributed by atoms with Crippen molar-refractivity contribution in [1.82, 2.24) is 20.2 Å². The van der Waals surface area contributed by atoms with E-state index in [2.05, 4.69) is 22.2 Å². The normalized spacial score (nSPS) is 10.2. The second-order valence-corrected chi connectivity index (χ2v) is 4.32. The van der Waals surface area contributed by atoms with Crippen molar-refractivity contribution in [2.75, 3.05) is 39.1 Å². The van der Waals surface area contributed by atoms with Gasteiger partial charge in [-0.25, -0.2) is 9.97 Å². The van der Waals surface area contributed by atoms with Gasteiger partial charge in [-0.1, -0.05) is 6.92 Å². The molecule has 0 saturated carbocycles. The first kappa shape index (κ1) is 14.4. The Balaban J connectivity index is 2.58. The highest BCUT2D eigenvalue weighted by atomic mass is 16.2. The van der Waals surface area contributed by atoms with Gasteiger partial charge in [0.2, 0.25) is 11.9 Å². The van der Waals surface area contributed by atoms with Crippen molar-refractivity contribution in [3.8, 4) is 0 Å². The lowest BCUT2D eigenvalue weighted by Crippen LogP contribution is -2.35. The van der Waals surface area contributed by atoms with Crippen molar-refractivity contribution >= 4 is 11.9 Å². The molecule has 0 fully saturated rings. The Morgan fingerprint density at radius 1 is 1.28 bits per heavy atom. The summed E-state index contributed by atoms with van der Waals surface area (Å²) in [6.07, 6.45) is 3.56. The van der Waals surface area contributed by atoms with Gasteiger partial charge in [-0.2, -0.15) is 0 Å². The fourth-order valence-corrected chi connectivity index (χ4v) is 1.32. The molecule has 0 saturated heterocycles. The zero-order valence-electron chi connectivity index (χ0n) is 11.5. The van der Waals surface area contributed by atoms with Gasteiger partial charge in [0.15, 0.2) is 0 Å². The van der Waals surface area contributed by atoms with E-state index < -0.39 is 0 Å². The Morgan fingerprint density at radius 3 is 2.39 bits per heavy atom. The summed E-state index contributed by atoms with van der Waals surface area (Å²) in [4.78, 5) is 23.3. The highest BCUT2D eigenvalue weighted by Gasteiger charge is 2.10. The molecule has 6 nitrogen and oxygen atoms in total. The lowest BCUT2D eigenvalue weighted by molar-refractivity contribution is -0.127. The monoisotopic (exact) mass is 251 g/mol. The highest BCUT2D eigenvalue weighted by molar-refractivity contribution is 5.80. The van der Waals surface area contributed by atoms with E-state index in [0.717, 1.165) is 18.7 Å². The van der Waals surface area contributed by atoms with Crippen LogP contribution in [0.3, 0.4) is 0 Å². The summed E-state index contributed by atoms with van der Waals surface area (Å²) < 4.78 is 0. The van der Waals surface area contributed by atoms with Crippen molar-refractivity contribution in [3.05, 3.63) is 18.0 Å². The average molecular weight is 251 g/mol. The summed E-state index contributed by atoms with van der Waals surface area (Å²) in [7, 11) is 5.27. The van der Waals surface area contributed by atoms with Crippen LogP contribution in [0.5, 0.6) is 0 Å². The number of amides is 1. The molecule has 0 aliphatic carbocycles. The van der Waals surface area contributed by atoms with Crippen molar-refractivity contribution in [2.45, 2.75) is 13.5 Å². The predicted octanol–water partition coefficient (Wildman–Crippen LogP) is 0.111. The maximum atomic E-state index is 11.6. The summed E-state index contributed by atoms with van der Waals surface area (Å²) >= 11 is 0. The Kier molecular flexibility index (Phi) is 5.51. The van der Waals surface area contributed by atoms with E-state index in [9.17, 15) is 4.79 Å². The molecule has 0 spiro atoms. The van der Waals surface area contributed by atoms with E-state index in [1.54, 1.807) is 43.3 Å². The van der Waals surface area contributed by atoms with E-state index >= 15 is 0 Å². The number of anilines is 1. The number of nitrogens with zero attached hydrogens (tertiary/aromatic N) is 4. The predicted molar refractivity (Wildman–Crippen MR) is 71.4 cm³/mol. The second-order valence-electron chi connectivity index (χ2n) is 4.32. The Bertz CT molecular complexity index is 377. The van der Waals surface area contributed by atoms with Gasteiger partial charge in [0.05, 0.1) is 6.54 Å². The zero-order chi connectivity index (χ0) is 13.5. The van der Waals surface area contributed by atoms with Gasteiger partial charge in [-0.05, 0) is 6.54 Å². The van der Waals surface area contributed by atoms with Crippen LogP contribution in [-0.2, 0) is 11.3 Å². The summed E-state index contributed by atoms with van der Waals surface area (Å²) in [5, 5.41) is 3.21. The first-order valence-corrected chi connectivity index (χ1v) is 5.97. The standard InChI is InChI=1S/C12H21N5O/c1-5-13-6-10-7-14-12(15-8-10)17(4)9-11(18)16(2)3/h7-8,13H,5-6,9H2,1-4H3. The Hall–Kier alpha value is -1.69. The number of hydrogen-bond acceptors (Lipinski definition) is 5. The molecular formula is C12H21N5O. The van der Waals surface area contributed by atoms with Crippen LogP contribution in [0.4, 0.5) is 5.95 Å². The van der Waals surface area contributed by atoms with Crippen LogP contribution in [0.1, 0.15) is 12.5 Å².